The summed E-state index contributed by atoms with van der Waals surface area (Å²) < 4.78 is 12.6. The SMILES string of the molecule is CCCC(CCCCOC1CCCCCC1)OC1CCCCCC1. The van der Waals surface area contributed by atoms with E-state index in [1.165, 1.54) is 109 Å². The summed E-state index contributed by atoms with van der Waals surface area (Å²) in [6, 6.07) is 0. The van der Waals surface area contributed by atoms with Gasteiger partial charge in [0.2, 0.25) is 0 Å². The van der Waals surface area contributed by atoms with Crippen molar-refractivity contribution in [3.05, 3.63) is 0 Å². The molecular weight excluding hydrogens is 296 g/mol. The number of hydrogen-bond acceptors (Lipinski definition) is 2. The maximum absolute atomic E-state index is 6.48. The Labute approximate surface area is 151 Å². The molecule has 142 valence electrons. The van der Waals surface area contributed by atoms with E-state index in [0.29, 0.717) is 18.3 Å². The molecule has 0 spiro atoms. The van der Waals surface area contributed by atoms with Gasteiger partial charge in [-0.3, -0.25) is 0 Å². The molecule has 0 N–H and O–H groups in total. The third-order valence-corrected chi connectivity index (χ3v) is 5.87. The van der Waals surface area contributed by atoms with Crippen LogP contribution >= 0.6 is 0 Å². The Bertz CT molecular complexity index is 276. The predicted molar refractivity (Wildman–Crippen MR) is 103 cm³/mol. The Kier molecular flexibility index (Phi) is 11.1. The maximum Gasteiger partial charge on any atom is 0.0578 e. The van der Waals surface area contributed by atoms with Gasteiger partial charge in [-0.2, -0.15) is 0 Å². The second kappa shape index (κ2) is 13.2. The molecule has 1 unspecified atom stereocenters. The fourth-order valence-electron chi connectivity index (χ4n) is 4.39. The van der Waals surface area contributed by atoms with Crippen molar-refractivity contribution in [1.82, 2.24) is 0 Å². The van der Waals surface area contributed by atoms with Crippen molar-refractivity contribution in [2.24, 2.45) is 0 Å². The highest BCUT2D eigenvalue weighted by molar-refractivity contribution is 4.68. The van der Waals surface area contributed by atoms with Crippen LogP contribution in [0.15, 0.2) is 0 Å². The molecule has 24 heavy (non-hydrogen) atoms. The van der Waals surface area contributed by atoms with Gasteiger partial charge in [-0.25, -0.2) is 0 Å². The molecule has 2 heteroatoms. The Morgan fingerprint density at radius 1 is 0.708 bits per heavy atom. The maximum atomic E-state index is 6.48. The Morgan fingerprint density at radius 3 is 1.88 bits per heavy atom. The van der Waals surface area contributed by atoms with Gasteiger partial charge >= 0.3 is 0 Å². The van der Waals surface area contributed by atoms with Crippen molar-refractivity contribution in [2.45, 2.75) is 134 Å². The highest BCUT2D eigenvalue weighted by Crippen LogP contribution is 2.24. The summed E-state index contributed by atoms with van der Waals surface area (Å²) in [4.78, 5) is 0. The van der Waals surface area contributed by atoms with Crippen LogP contribution in [0.1, 0.15) is 116 Å². The fraction of sp³-hybridized carbons (Fsp3) is 1.00. The standard InChI is InChI=1S/C22H42O2/c1-2-13-21(24-22-16-9-5-6-10-17-22)18-11-12-19-23-20-14-7-3-4-8-15-20/h20-22H,2-19H2,1H3. The van der Waals surface area contributed by atoms with E-state index in [0.717, 1.165) is 6.61 Å². The lowest BCUT2D eigenvalue weighted by Gasteiger charge is -2.24. The molecule has 2 saturated carbocycles. The van der Waals surface area contributed by atoms with Gasteiger partial charge in [-0.1, -0.05) is 64.7 Å². The third kappa shape index (κ3) is 8.85. The summed E-state index contributed by atoms with van der Waals surface area (Å²) in [5.41, 5.74) is 0. The van der Waals surface area contributed by atoms with E-state index in [1.54, 1.807) is 0 Å². The van der Waals surface area contributed by atoms with E-state index in [1.807, 2.05) is 0 Å². The first-order valence-corrected chi connectivity index (χ1v) is 11.2. The monoisotopic (exact) mass is 338 g/mol. The van der Waals surface area contributed by atoms with E-state index in [2.05, 4.69) is 6.92 Å². The highest BCUT2D eigenvalue weighted by Gasteiger charge is 2.18. The van der Waals surface area contributed by atoms with Crippen molar-refractivity contribution < 1.29 is 9.47 Å². The molecule has 0 bridgehead atoms. The van der Waals surface area contributed by atoms with Gasteiger partial charge in [0.05, 0.1) is 18.3 Å². The predicted octanol–water partition coefficient (Wildman–Crippen LogP) is 6.80. The molecular formula is C22H42O2. The van der Waals surface area contributed by atoms with E-state index < -0.39 is 0 Å². The Morgan fingerprint density at radius 2 is 1.29 bits per heavy atom. The first-order valence-electron chi connectivity index (χ1n) is 11.2. The molecule has 0 heterocycles. The van der Waals surface area contributed by atoms with E-state index in [4.69, 9.17) is 9.47 Å². The normalized spacial score (nSPS) is 22.9. The zero-order valence-electron chi connectivity index (χ0n) is 16.3. The number of unbranched alkanes of at least 4 members (excludes halogenated alkanes) is 1. The van der Waals surface area contributed by atoms with E-state index in [-0.39, 0.29) is 0 Å². The molecule has 2 rings (SSSR count). The second-order valence-electron chi connectivity index (χ2n) is 8.14. The van der Waals surface area contributed by atoms with Gasteiger partial charge in [-0.15, -0.1) is 0 Å². The van der Waals surface area contributed by atoms with Crippen LogP contribution in [0.25, 0.3) is 0 Å². The molecule has 0 aromatic heterocycles. The van der Waals surface area contributed by atoms with E-state index in [9.17, 15) is 0 Å². The number of rotatable bonds is 10. The number of hydrogen-bond donors (Lipinski definition) is 0. The minimum atomic E-state index is 0.496. The summed E-state index contributed by atoms with van der Waals surface area (Å²) in [7, 11) is 0. The quantitative estimate of drug-likeness (QED) is 0.322. The molecule has 2 aliphatic carbocycles. The van der Waals surface area contributed by atoms with Crippen molar-refractivity contribution in [2.75, 3.05) is 6.61 Å². The molecule has 0 aromatic rings. The molecule has 2 aliphatic rings. The van der Waals surface area contributed by atoms with E-state index >= 15 is 0 Å². The van der Waals surface area contributed by atoms with Crippen molar-refractivity contribution in [3.8, 4) is 0 Å². The minimum Gasteiger partial charge on any atom is -0.378 e. The second-order valence-corrected chi connectivity index (χ2v) is 8.14. The summed E-state index contributed by atoms with van der Waals surface area (Å²) in [5, 5.41) is 0. The summed E-state index contributed by atoms with van der Waals surface area (Å²) in [5.74, 6) is 0. The molecule has 1 atom stereocenters. The van der Waals surface area contributed by atoms with Crippen molar-refractivity contribution in [1.29, 1.82) is 0 Å². The molecule has 0 aliphatic heterocycles. The average Bonchev–Trinajstić information content (AvgIpc) is 2.99. The Balaban J connectivity index is 1.56. The lowest BCUT2D eigenvalue weighted by atomic mass is 10.1. The average molecular weight is 339 g/mol. The van der Waals surface area contributed by atoms with Gasteiger partial charge in [0.1, 0.15) is 0 Å². The molecule has 0 aromatic carbocycles. The van der Waals surface area contributed by atoms with Crippen LogP contribution in [-0.2, 0) is 9.47 Å². The number of ether oxygens (including phenoxy) is 2. The largest absolute Gasteiger partial charge is 0.378 e. The smallest absolute Gasteiger partial charge is 0.0578 e. The van der Waals surface area contributed by atoms with Crippen molar-refractivity contribution >= 4 is 0 Å². The molecule has 0 saturated heterocycles. The van der Waals surface area contributed by atoms with Gasteiger partial charge in [0.25, 0.3) is 0 Å². The van der Waals surface area contributed by atoms with Crippen LogP contribution in [0.2, 0.25) is 0 Å². The Hall–Kier alpha value is -0.0800. The third-order valence-electron chi connectivity index (χ3n) is 5.87. The molecule has 0 amide bonds. The zero-order chi connectivity index (χ0) is 16.9. The molecule has 0 radical (unpaired) electrons. The van der Waals surface area contributed by atoms with Gasteiger partial charge in [0, 0.05) is 6.61 Å². The minimum absolute atomic E-state index is 0.496. The van der Waals surface area contributed by atoms with Crippen LogP contribution in [0, 0.1) is 0 Å². The zero-order valence-corrected chi connectivity index (χ0v) is 16.3. The van der Waals surface area contributed by atoms with Gasteiger partial charge in [-0.05, 0) is 51.4 Å². The van der Waals surface area contributed by atoms with Crippen LogP contribution in [-0.4, -0.2) is 24.9 Å². The first-order chi connectivity index (χ1) is 11.9. The summed E-state index contributed by atoms with van der Waals surface area (Å²) >= 11 is 0. The lowest BCUT2D eigenvalue weighted by Crippen LogP contribution is -2.22. The van der Waals surface area contributed by atoms with Crippen LogP contribution in [0.3, 0.4) is 0 Å². The fourth-order valence-corrected chi connectivity index (χ4v) is 4.39. The first kappa shape index (κ1) is 20.2. The lowest BCUT2D eigenvalue weighted by molar-refractivity contribution is -0.0299. The molecule has 2 nitrogen and oxygen atoms in total. The van der Waals surface area contributed by atoms with Crippen LogP contribution in [0.5, 0.6) is 0 Å². The summed E-state index contributed by atoms with van der Waals surface area (Å²) in [6.45, 7) is 3.26. The summed E-state index contributed by atoms with van der Waals surface area (Å²) in [6.07, 6.45) is 24.1. The van der Waals surface area contributed by atoms with Crippen molar-refractivity contribution in [3.63, 3.8) is 0 Å². The van der Waals surface area contributed by atoms with Crippen LogP contribution in [0.4, 0.5) is 0 Å². The van der Waals surface area contributed by atoms with Gasteiger partial charge in [0.15, 0.2) is 0 Å². The molecule has 2 fully saturated rings. The highest BCUT2D eigenvalue weighted by atomic mass is 16.5. The topological polar surface area (TPSA) is 18.5 Å². The van der Waals surface area contributed by atoms with Crippen LogP contribution < -0.4 is 0 Å². The van der Waals surface area contributed by atoms with Gasteiger partial charge < -0.3 is 9.47 Å².